The summed E-state index contributed by atoms with van der Waals surface area (Å²) < 4.78 is 30.1. The molecule has 2 fully saturated rings. The maximum atomic E-state index is 12.7. The third kappa shape index (κ3) is 4.01. The van der Waals surface area contributed by atoms with Crippen molar-refractivity contribution in [2.24, 2.45) is 5.92 Å². The van der Waals surface area contributed by atoms with Gasteiger partial charge in [-0.2, -0.15) is 17.0 Å². The molecule has 0 spiro atoms. The first-order valence-corrected chi connectivity index (χ1v) is 11.2. The summed E-state index contributed by atoms with van der Waals surface area (Å²) in [4.78, 5) is 20.9. The van der Waals surface area contributed by atoms with Crippen molar-refractivity contribution in [3.05, 3.63) is 47.3 Å². The van der Waals surface area contributed by atoms with E-state index in [0.717, 1.165) is 31.2 Å². The average Bonchev–Trinajstić information content (AvgIpc) is 3.26. The van der Waals surface area contributed by atoms with Gasteiger partial charge in [0.2, 0.25) is 0 Å². The molecule has 0 N–H and O–H groups in total. The van der Waals surface area contributed by atoms with Gasteiger partial charge in [0.1, 0.15) is 0 Å². The number of aromatic nitrogens is 3. The largest absolute Gasteiger partial charge is 0.299 e. The molecule has 150 valence electrons. The van der Waals surface area contributed by atoms with E-state index < -0.39 is 10.2 Å². The van der Waals surface area contributed by atoms with Gasteiger partial charge in [0.05, 0.1) is 12.0 Å². The van der Waals surface area contributed by atoms with Crippen LogP contribution >= 0.6 is 0 Å². The fourth-order valence-corrected chi connectivity index (χ4v) is 5.64. The lowest BCUT2D eigenvalue weighted by atomic mass is 9.98. The van der Waals surface area contributed by atoms with Crippen LogP contribution < -0.4 is 5.56 Å². The Morgan fingerprint density at radius 1 is 1.00 bits per heavy atom. The predicted molar refractivity (Wildman–Crippen MR) is 106 cm³/mol. The van der Waals surface area contributed by atoms with Gasteiger partial charge in [0.15, 0.2) is 0 Å². The van der Waals surface area contributed by atoms with E-state index in [1.807, 2.05) is 12.1 Å². The third-order valence-electron chi connectivity index (χ3n) is 5.60. The first kappa shape index (κ1) is 19.2. The Kier molecular flexibility index (Phi) is 5.56. The number of nitrogens with zero attached hydrogens (tertiary/aromatic N) is 5. The summed E-state index contributed by atoms with van der Waals surface area (Å²) >= 11 is 0. The fourth-order valence-electron chi connectivity index (χ4n) is 3.93. The molecule has 2 aromatic heterocycles. The van der Waals surface area contributed by atoms with Gasteiger partial charge in [-0.05, 0) is 43.7 Å². The Balaban J connectivity index is 1.38. The van der Waals surface area contributed by atoms with E-state index in [-0.39, 0.29) is 11.5 Å². The van der Waals surface area contributed by atoms with Crippen LogP contribution in [0.15, 0.2) is 41.7 Å². The van der Waals surface area contributed by atoms with Crippen molar-refractivity contribution in [3.63, 3.8) is 0 Å². The SMILES string of the molecule is O=c1cc(-c2ccncc2)ncn1CC1CCN(S(=O)(=O)N2CCCC2)CC1. The highest BCUT2D eigenvalue weighted by atomic mass is 32.2. The number of pyridine rings is 1. The monoisotopic (exact) mass is 403 g/mol. The minimum atomic E-state index is -3.32. The van der Waals surface area contributed by atoms with Crippen LogP contribution in [0.4, 0.5) is 0 Å². The maximum Gasteiger partial charge on any atom is 0.281 e. The second-order valence-electron chi connectivity index (χ2n) is 7.46. The molecule has 9 heteroatoms. The van der Waals surface area contributed by atoms with Crippen molar-refractivity contribution < 1.29 is 8.42 Å². The lowest BCUT2D eigenvalue weighted by Crippen LogP contribution is -2.46. The van der Waals surface area contributed by atoms with Crippen LogP contribution in [0, 0.1) is 5.92 Å². The van der Waals surface area contributed by atoms with E-state index >= 15 is 0 Å². The molecule has 4 rings (SSSR count). The molecule has 0 saturated carbocycles. The third-order valence-corrected chi connectivity index (χ3v) is 7.64. The zero-order valence-corrected chi connectivity index (χ0v) is 16.6. The minimum absolute atomic E-state index is 0.0890. The van der Waals surface area contributed by atoms with Crippen molar-refractivity contribution >= 4 is 10.2 Å². The molecule has 2 aliphatic heterocycles. The molecule has 0 atom stereocenters. The van der Waals surface area contributed by atoms with Crippen molar-refractivity contribution in [2.45, 2.75) is 32.2 Å². The number of hydrogen-bond acceptors (Lipinski definition) is 5. The summed E-state index contributed by atoms with van der Waals surface area (Å²) in [7, 11) is -3.32. The minimum Gasteiger partial charge on any atom is -0.299 e. The van der Waals surface area contributed by atoms with Gasteiger partial charge in [-0.25, -0.2) is 4.98 Å². The molecule has 0 bridgehead atoms. The molecule has 8 nitrogen and oxygen atoms in total. The summed E-state index contributed by atoms with van der Waals surface area (Å²) in [5, 5.41) is 0. The van der Waals surface area contributed by atoms with E-state index in [1.54, 1.807) is 38.0 Å². The molecule has 2 saturated heterocycles. The van der Waals surface area contributed by atoms with E-state index in [1.165, 1.54) is 0 Å². The van der Waals surface area contributed by atoms with Crippen LogP contribution in [-0.4, -0.2) is 57.7 Å². The van der Waals surface area contributed by atoms with Crippen LogP contribution in [0.1, 0.15) is 25.7 Å². The lowest BCUT2D eigenvalue weighted by molar-refractivity contribution is 0.239. The van der Waals surface area contributed by atoms with Gasteiger partial charge < -0.3 is 0 Å². The van der Waals surface area contributed by atoms with Crippen molar-refractivity contribution in [3.8, 4) is 11.3 Å². The average molecular weight is 404 g/mol. The molecule has 0 aliphatic carbocycles. The first-order valence-electron chi connectivity index (χ1n) is 9.76. The molecule has 4 heterocycles. The van der Waals surface area contributed by atoms with Gasteiger partial charge in [-0.15, -0.1) is 0 Å². The van der Waals surface area contributed by atoms with Crippen LogP contribution in [0.5, 0.6) is 0 Å². The normalized spacial score (nSPS) is 19.9. The Bertz CT molecular complexity index is 963. The van der Waals surface area contributed by atoms with Gasteiger partial charge in [-0.3, -0.25) is 14.3 Å². The first-order chi connectivity index (χ1) is 13.5. The van der Waals surface area contributed by atoms with Crippen molar-refractivity contribution in [1.29, 1.82) is 0 Å². The smallest absolute Gasteiger partial charge is 0.281 e. The Hall–Kier alpha value is -2.10. The quantitative estimate of drug-likeness (QED) is 0.752. The highest BCUT2D eigenvalue weighted by Gasteiger charge is 2.34. The second kappa shape index (κ2) is 8.10. The molecular formula is C19H25N5O3S. The molecule has 0 aromatic carbocycles. The Morgan fingerprint density at radius 3 is 2.29 bits per heavy atom. The molecule has 28 heavy (non-hydrogen) atoms. The zero-order chi connectivity index (χ0) is 19.6. The van der Waals surface area contributed by atoms with E-state index in [4.69, 9.17) is 0 Å². The van der Waals surface area contributed by atoms with E-state index in [9.17, 15) is 13.2 Å². The Labute approximate surface area is 165 Å². The topological polar surface area (TPSA) is 88.4 Å². The molecule has 2 aliphatic rings. The van der Waals surface area contributed by atoms with Crippen molar-refractivity contribution in [2.75, 3.05) is 26.2 Å². The number of hydrogen-bond donors (Lipinski definition) is 0. The number of piperidine rings is 1. The van der Waals surface area contributed by atoms with Crippen LogP contribution in [0.2, 0.25) is 0 Å². The predicted octanol–water partition coefficient (Wildman–Crippen LogP) is 1.36. The molecule has 0 unspecified atom stereocenters. The lowest BCUT2D eigenvalue weighted by Gasteiger charge is -2.33. The van der Waals surface area contributed by atoms with Gasteiger partial charge >= 0.3 is 0 Å². The summed E-state index contributed by atoms with van der Waals surface area (Å²) in [5.41, 5.74) is 1.41. The highest BCUT2D eigenvalue weighted by Crippen LogP contribution is 2.24. The standard InChI is InChI=1S/C19H25N5O3S/c25-19-13-18(17-3-7-20-8-4-17)21-15-22(19)14-16-5-11-24(12-6-16)28(26,27)23-9-1-2-10-23/h3-4,7-8,13,15-16H,1-2,5-6,9-12,14H2. The Morgan fingerprint density at radius 2 is 1.64 bits per heavy atom. The maximum absolute atomic E-state index is 12.7. The van der Waals surface area contributed by atoms with E-state index in [2.05, 4.69) is 9.97 Å². The summed E-state index contributed by atoms with van der Waals surface area (Å²) in [6, 6.07) is 5.19. The molecule has 0 amide bonds. The van der Waals surface area contributed by atoms with Crippen LogP contribution in [0.25, 0.3) is 11.3 Å². The van der Waals surface area contributed by atoms with Crippen molar-refractivity contribution in [1.82, 2.24) is 23.1 Å². The molecule has 0 radical (unpaired) electrons. The van der Waals surface area contributed by atoms with E-state index in [0.29, 0.717) is 38.4 Å². The summed E-state index contributed by atoms with van der Waals surface area (Å²) in [5.74, 6) is 0.274. The van der Waals surface area contributed by atoms with Crippen LogP contribution in [0.3, 0.4) is 0 Å². The zero-order valence-electron chi connectivity index (χ0n) is 15.8. The number of rotatable bonds is 5. The summed E-state index contributed by atoms with van der Waals surface area (Å²) in [6.07, 6.45) is 8.34. The van der Waals surface area contributed by atoms with Gasteiger partial charge in [0, 0.05) is 56.7 Å². The van der Waals surface area contributed by atoms with Gasteiger partial charge in [-0.1, -0.05) is 0 Å². The van der Waals surface area contributed by atoms with Gasteiger partial charge in [0.25, 0.3) is 15.8 Å². The summed E-state index contributed by atoms with van der Waals surface area (Å²) in [6.45, 7) is 2.86. The van der Waals surface area contributed by atoms with Crippen LogP contribution in [-0.2, 0) is 16.8 Å². The second-order valence-corrected chi connectivity index (χ2v) is 9.39. The molecular weight excluding hydrogens is 378 g/mol. The highest BCUT2D eigenvalue weighted by molar-refractivity contribution is 7.86. The molecule has 2 aromatic rings. The fraction of sp³-hybridized carbons (Fsp3) is 0.526.